The zero-order valence-corrected chi connectivity index (χ0v) is 15.9. The Morgan fingerprint density at radius 2 is 1.96 bits per heavy atom. The second-order valence-corrected chi connectivity index (χ2v) is 7.13. The number of carbonyl (C=O) groups is 1. The molecule has 1 N–H and O–H groups in total. The van der Waals surface area contributed by atoms with Crippen LogP contribution in [0.1, 0.15) is 5.56 Å². The molecule has 0 fully saturated rings. The summed E-state index contributed by atoms with van der Waals surface area (Å²) in [6, 6.07) is 17.5. The number of hydrogen-bond donors (Lipinski definition) is 1. The van der Waals surface area contributed by atoms with E-state index < -0.39 is 0 Å². The van der Waals surface area contributed by atoms with Crippen LogP contribution < -0.4 is 5.32 Å². The van der Waals surface area contributed by atoms with E-state index in [1.54, 1.807) is 0 Å². The molecule has 0 unspecified atom stereocenters. The summed E-state index contributed by atoms with van der Waals surface area (Å²) in [5.74, 6) is 1.06. The molecular formula is C19H19ClN4OS. The fourth-order valence-corrected chi connectivity index (χ4v) is 3.45. The lowest BCUT2D eigenvalue weighted by Crippen LogP contribution is -2.27. The van der Waals surface area contributed by atoms with Gasteiger partial charge in [-0.15, -0.1) is 10.2 Å². The van der Waals surface area contributed by atoms with Crippen LogP contribution in [0, 0.1) is 0 Å². The third-order valence-corrected chi connectivity index (χ3v) is 5.08. The third kappa shape index (κ3) is 4.86. The van der Waals surface area contributed by atoms with Crippen molar-refractivity contribution in [3.8, 4) is 11.4 Å². The molecule has 1 heterocycles. The molecule has 0 spiro atoms. The molecule has 134 valence electrons. The molecule has 3 aromatic rings. The van der Waals surface area contributed by atoms with E-state index in [-0.39, 0.29) is 5.91 Å². The van der Waals surface area contributed by atoms with Crippen LogP contribution in [0.3, 0.4) is 0 Å². The van der Waals surface area contributed by atoms with Crippen molar-refractivity contribution in [3.05, 3.63) is 65.2 Å². The van der Waals surface area contributed by atoms with Crippen LogP contribution >= 0.6 is 23.4 Å². The van der Waals surface area contributed by atoms with Gasteiger partial charge in [0, 0.05) is 24.2 Å². The molecule has 0 saturated heterocycles. The third-order valence-electron chi connectivity index (χ3n) is 3.82. The van der Waals surface area contributed by atoms with Gasteiger partial charge in [-0.25, -0.2) is 0 Å². The first-order valence-corrected chi connectivity index (χ1v) is 9.58. The minimum atomic E-state index is -0.0266. The standard InChI is InChI=1S/C19H19ClN4OS/c1-24-18(15-7-3-2-4-8-15)22-23-19(24)26-13-17(25)21-11-10-14-6-5-9-16(20)12-14/h2-9,12H,10-11,13H2,1H3,(H,21,25). The molecule has 0 bridgehead atoms. The second-order valence-electron chi connectivity index (χ2n) is 5.75. The highest BCUT2D eigenvalue weighted by Crippen LogP contribution is 2.22. The highest BCUT2D eigenvalue weighted by Gasteiger charge is 2.12. The fraction of sp³-hybridized carbons (Fsp3) is 0.211. The van der Waals surface area contributed by atoms with E-state index in [0.29, 0.717) is 22.5 Å². The summed E-state index contributed by atoms with van der Waals surface area (Å²) in [4.78, 5) is 12.0. The van der Waals surface area contributed by atoms with Gasteiger partial charge in [0.05, 0.1) is 5.75 Å². The smallest absolute Gasteiger partial charge is 0.230 e. The molecule has 0 atom stereocenters. The van der Waals surface area contributed by atoms with Crippen molar-refractivity contribution in [2.24, 2.45) is 7.05 Å². The first-order valence-electron chi connectivity index (χ1n) is 8.22. The van der Waals surface area contributed by atoms with Crippen molar-refractivity contribution in [1.82, 2.24) is 20.1 Å². The Labute approximate surface area is 161 Å². The summed E-state index contributed by atoms with van der Waals surface area (Å²) in [7, 11) is 1.90. The number of halogens is 1. The Hall–Kier alpha value is -2.31. The molecule has 0 aliphatic carbocycles. The number of carbonyl (C=O) groups excluding carboxylic acids is 1. The average Bonchev–Trinajstić information content (AvgIpc) is 3.01. The van der Waals surface area contributed by atoms with Crippen LogP contribution in [0.4, 0.5) is 0 Å². The molecule has 7 heteroatoms. The van der Waals surface area contributed by atoms with E-state index in [1.807, 2.05) is 66.2 Å². The maximum atomic E-state index is 12.0. The molecular weight excluding hydrogens is 368 g/mol. The van der Waals surface area contributed by atoms with Crippen molar-refractivity contribution in [1.29, 1.82) is 0 Å². The monoisotopic (exact) mass is 386 g/mol. The highest BCUT2D eigenvalue weighted by molar-refractivity contribution is 7.99. The van der Waals surface area contributed by atoms with E-state index in [4.69, 9.17) is 11.6 Å². The molecule has 0 radical (unpaired) electrons. The normalized spacial score (nSPS) is 10.7. The van der Waals surface area contributed by atoms with Gasteiger partial charge >= 0.3 is 0 Å². The summed E-state index contributed by atoms with van der Waals surface area (Å²) < 4.78 is 1.90. The summed E-state index contributed by atoms with van der Waals surface area (Å²) in [6.07, 6.45) is 0.749. The minimum Gasteiger partial charge on any atom is -0.355 e. The SMILES string of the molecule is Cn1c(SCC(=O)NCCc2cccc(Cl)c2)nnc1-c1ccccc1. The number of amides is 1. The number of thioether (sulfide) groups is 1. The summed E-state index contributed by atoms with van der Waals surface area (Å²) in [6.45, 7) is 0.577. The van der Waals surface area contributed by atoms with Crippen LogP contribution in [0.2, 0.25) is 5.02 Å². The summed E-state index contributed by atoms with van der Waals surface area (Å²) >= 11 is 7.33. The zero-order valence-electron chi connectivity index (χ0n) is 14.4. The van der Waals surface area contributed by atoms with Gasteiger partial charge in [0.15, 0.2) is 11.0 Å². The van der Waals surface area contributed by atoms with Crippen molar-refractivity contribution in [2.45, 2.75) is 11.6 Å². The molecule has 0 saturated carbocycles. The Kier molecular flexibility index (Phi) is 6.30. The molecule has 1 amide bonds. The lowest BCUT2D eigenvalue weighted by molar-refractivity contribution is -0.118. The van der Waals surface area contributed by atoms with Gasteiger partial charge in [-0.05, 0) is 24.1 Å². The number of benzene rings is 2. The zero-order chi connectivity index (χ0) is 18.4. The van der Waals surface area contributed by atoms with Crippen LogP contribution in [-0.4, -0.2) is 33.0 Å². The molecule has 0 aliphatic rings. The van der Waals surface area contributed by atoms with Gasteiger partial charge in [-0.3, -0.25) is 4.79 Å². The van der Waals surface area contributed by atoms with Crippen LogP contribution in [-0.2, 0) is 18.3 Å². The van der Waals surface area contributed by atoms with Crippen molar-refractivity contribution in [2.75, 3.05) is 12.3 Å². The summed E-state index contributed by atoms with van der Waals surface area (Å²) in [5, 5.41) is 12.7. The quantitative estimate of drug-likeness (QED) is 0.630. The first-order chi connectivity index (χ1) is 12.6. The minimum absolute atomic E-state index is 0.0266. The predicted molar refractivity (Wildman–Crippen MR) is 105 cm³/mol. The van der Waals surface area contributed by atoms with Gasteiger partial charge < -0.3 is 9.88 Å². The number of rotatable bonds is 7. The Balaban J connectivity index is 1.48. The van der Waals surface area contributed by atoms with Gasteiger partial charge in [-0.2, -0.15) is 0 Å². The van der Waals surface area contributed by atoms with E-state index in [2.05, 4.69) is 15.5 Å². The van der Waals surface area contributed by atoms with E-state index in [0.717, 1.165) is 23.4 Å². The number of hydrogen-bond acceptors (Lipinski definition) is 4. The van der Waals surface area contributed by atoms with Crippen LogP contribution in [0.15, 0.2) is 59.8 Å². The van der Waals surface area contributed by atoms with E-state index in [1.165, 1.54) is 11.8 Å². The predicted octanol–water partition coefficient (Wildman–Crippen LogP) is 3.59. The average molecular weight is 387 g/mol. The topological polar surface area (TPSA) is 59.8 Å². The Morgan fingerprint density at radius 1 is 1.15 bits per heavy atom. The highest BCUT2D eigenvalue weighted by atomic mass is 35.5. The summed E-state index contributed by atoms with van der Waals surface area (Å²) in [5.41, 5.74) is 2.10. The van der Waals surface area contributed by atoms with Gasteiger partial charge in [-0.1, -0.05) is 65.8 Å². The molecule has 5 nitrogen and oxygen atoms in total. The number of aromatic nitrogens is 3. The Bertz CT molecular complexity index is 882. The first kappa shape index (κ1) is 18.5. The van der Waals surface area contributed by atoms with Crippen LogP contribution in [0.25, 0.3) is 11.4 Å². The largest absolute Gasteiger partial charge is 0.355 e. The lowest BCUT2D eigenvalue weighted by Gasteiger charge is -2.06. The maximum Gasteiger partial charge on any atom is 0.230 e. The van der Waals surface area contributed by atoms with E-state index >= 15 is 0 Å². The van der Waals surface area contributed by atoms with Gasteiger partial charge in [0.1, 0.15) is 0 Å². The number of nitrogens with one attached hydrogen (secondary N) is 1. The number of nitrogens with zero attached hydrogens (tertiary/aromatic N) is 3. The van der Waals surface area contributed by atoms with Gasteiger partial charge in [0.25, 0.3) is 0 Å². The maximum absolute atomic E-state index is 12.0. The second kappa shape index (κ2) is 8.87. The Morgan fingerprint density at radius 3 is 2.73 bits per heavy atom. The van der Waals surface area contributed by atoms with Crippen molar-refractivity contribution < 1.29 is 4.79 Å². The molecule has 1 aromatic heterocycles. The molecule has 3 rings (SSSR count). The fourth-order valence-electron chi connectivity index (χ4n) is 2.50. The molecule has 26 heavy (non-hydrogen) atoms. The molecule has 2 aromatic carbocycles. The van der Waals surface area contributed by atoms with E-state index in [9.17, 15) is 4.79 Å². The van der Waals surface area contributed by atoms with Crippen molar-refractivity contribution in [3.63, 3.8) is 0 Å². The lowest BCUT2D eigenvalue weighted by atomic mass is 10.1. The van der Waals surface area contributed by atoms with Crippen LogP contribution in [0.5, 0.6) is 0 Å². The van der Waals surface area contributed by atoms with Gasteiger partial charge in [0.2, 0.25) is 5.91 Å². The molecule has 0 aliphatic heterocycles. The van der Waals surface area contributed by atoms with Crippen molar-refractivity contribution >= 4 is 29.3 Å².